The van der Waals surface area contributed by atoms with Gasteiger partial charge in [-0.15, -0.1) is 0 Å². The van der Waals surface area contributed by atoms with E-state index >= 15 is 0 Å². The van der Waals surface area contributed by atoms with Gasteiger partial charge in [-0.1, -0.05) is 35.9 Å². The summed E-state index contributed by atoms with van der Waals surface area (Å²) < 4.78 is 12.6. The van der Waals surface area contributed by atoms with Crippen LogP contribution in [-0.2, 0) is 6.54 Å². The average molecular weight is 418 g/mol. The number of benzene rings is 3. The predicted molar refractivity (Wildman–Crippen MR) is 115 cm³/mol. The lowest BCUT2D eigenvalue weighted by molar-refractivity contribution is 0.103. The largest absolute Gasteiger partial charge is 0.454 e. The number of nitrogens with zero attached hydrogens (tertiary/aromatic N) is 1. The van der Waals surface area contributed by atoms with E-state index in [4.69, 9.17) is 21.1 Å². The molecule has 0 radical (unpaired) electrons. The lowest BCUT2D eigenvalue weighted by Crippen LogP contribution is -2.20. The third-order valence-electron chi connectivity index (χ3n) is 5.13. The third-order valence-corrected chi connectivity index (χ3v) is 5.39. The van der Waals surface area contributed by atoms with Crippen molar-refractivity contribution in [1.29, 1.82) is 0 Å². The quantitative estimate of drug-likeness (QED) is 0.453. The van der Waals surface area contributed by atoms with Crippen LogP contribution < -0.4 is 14.9 Å². The molecule has 6 heteroatoms. The number of halogens is 1. The molecule has 1 aromatic heterocycles. The minimum atomic E-state index is -0.353. The summed E-state index contributed by atoms with van der Waals surface area (Å²) >= 11 is 5.99. The molecule has 0 amide bonds. The Bertz CT molecular complexity index is 1340. The summed E-state index contributed by atoms with van der Waals surface area (Å²) in [5.41, 5.74) is 1.97. The first-order valence-corrected chi connectivity index (χ1v) is 9.79. The Kier molecular flexibility index (Phi) is 4.52. The van der Waals surface area contributed by atoms with Crippen molar-refractivity contribution < 1.29 is 14.3 Å². The van der Waals surface area contributed by atoms with E-state index in [9.17, 15) is 9.59 Å². The minimum Gasteiger partial charge on any atom is -0.454 e. The number of carbonyl (C=O) groups is 1. The summed E-state index contributed by atoms with van der Waals surface area (Å²) in [6.07, 6.45) is 1.63. The first-order valence-electron chi connectivity index (χ1n) is 9.41. The fourth-order valence-corrected chi connectivity index (χ4v) is 3.74. The number of carbonyl (C=O) groups excluding carboxylic acids is 1. The van der Waals surface area contributed by atoms with E-state index < -0.39 is 0 Å². The molecule has 30 heavy (non-hydrogen) atoms. The molecule has 3 aromatic carbocycles. The summed E-state index contributed by atoms with van der Waals surface area (Å²) in [5.74, 6) is 0.738. The van der Waals surface area contributed by atoms with Crippen molar-refractivity contribution in [1.82, 2.24) is 4.57 Å². The van der Waals surface area contributed by atoms with E-state index in [1.165, 1.54) is 0 Å². The number of pyridine rings is 1. The molecule has 0 atom stereocenters. The number of ketones is 1. The van der Waals surface area contributed by atoms with Gasteiger partial charge in [0.2, 0.25) is 12.2 Å². The van der Waals surface area contributed by atoms with E-state index in [1.807, 2.05) is 41.0 Å². The fraction of sp³-hybridized carbons (Fsp3) is 0.0833. The average Bonchev–Trinajstić information content (AvgIpc) is 3.25. The second kappa shape index (κ2) is 7.35. The van der Waals surface area contributed by atoms with Crippen LogP contribution in [0.5, 0.6) is 11.5 Å². The molecule has 0 bridgehead atoms. The highest BCUT2D eigenvalue weighted by atomic mass is 35.5. The van der Waals surface area contributed by atoms with Crippen molar-refractivity contribution in [2.75, 3.05) is 6.79 Å². The predicted octanol–water partition coefficient (Wildman–Crippen LogP) is 4.66. The molecule has 0 aliphatic carbocycles. The van der Waals surface area contributed by atoms with E-state index in [0.717, 1.165) is 11.1 Å². The Hall–Kier alpha value is -3.57. The van der Waals surface area contributed by atoms with Crippen molar-refractivity contribution in [2.45, 2.75) is 6.54 Å². The molecule has 0 N–H and O–H groups in total. The number of ether oxygens (including phenoxy) is 2. The van der Waals surface area contributed by atoms with Crippen LogP contribution >= 0.6 is 11.6 Å². The number of hydrogen-bond acceptors (Lipinski definition) is 4. The SMILES string of the molecule is O=C(c1ccc2c(c1)OCO2)c1cn(Cc2ccc(Cl)cc2)c2ccccc2c1=O. The van der Waals surface area contributed by atoms with E-state index in [0.29, 0.717) is 34.0 Å². The lowest BCUT2D eigenvalue weighted by Gasteiger charge is -2.14. The zero-order valence-electron chi connectivity index (χ0n) is 15.8. The molecular formula is C24H16ClNO4. The number of rotatable bonds is 4. The summed E-state index contributed by atoms with van der Waals surface area (Å²) in [4.78, 5) is 26.4. The van der Waals surface area contributed by atoms with Crippen LogP contribution in [0.2, 0.25) is 5.02 Å². The van der Waals surface area contributed by atoms with Gasteiger partial charge in [0.25, 0.3) is 0 Å². The zero-order valence-corrected chi connectivity index (χ0v) is 16.6. The Balaban J connectivity index is 1.63. The van der Waals surface area contributed by atoms with Gasteiger partial charge in [-0.05, 0) is 48.0 Å². The van der Waals surface area contributed by atoms with E-state index in [2.05, 4.69) is 0 Å². The Morgan fingerprint density at radius 2 is 1.73 bits per heavy atom. The molecule has 0 spiro atoms. The van der Waals surface area contributed by atoms with Crippen LogP contribution in [0.25, 0.3) is 10.9 Å². The third kappa shape index (κ3) is 3.23. The van der Waals surface area contributed by atoms with Crippen LogP contribution in [0.3, 0.4) is 0 Å². The van der Waals surface area contributed by atoms with Gasteiger partial charge in [0.15, 0.2) is 17.3 Å². The van der Waals surface area contributed by atoms with Gasteiger partial charge < -0.3 is 14.0 Å². The number of fused-ring (bicyclic) bond motifs is 2. The Labute approximate surface area is 177 Å². The molecule has 1 aliphatic rings. The molecule has 1 aliphatic heterocycles. The lowest BCUT2D eigenvalue weighted by atomic mass is 10.0. The van der Waals surface area contributed by atoms with E-state index in [-0.39, 0.29) is 23.6 Å². The van der Waals surface area contributed by atoms with Gasteiger partial charge in [-0.2, -0.15) is 0 Å². The zero-order chi connectivity index (χ0) is 20.7. The van der Waals surface area contributed by atoms with Gasteiger partial charge in [-0.25, -0.2) is 0 Å². The van der Waals surface area contributed by atoms with Crippen molar-refractivity contribution in [2.24, 2.45) is 0 Å². The molecule has 5 nitrogen and oxygen atoms in total. The fourth-order valence-electron chi connectivity index (χ4n) is 3.62. The van der Waals surface area contributed by atoms with Crippen LogP contribution in [-0.4, -0.2) is 17.1 Å². The molecule has 148 valence electrons. The maximum absolute atomic E-state index is 13.2. The van der Waals surface area contributed by atoms with Gasteiger partial charge in [-0.3, -0.25) is 9.59 Å². The number of hydrogen-bond donors (Lipinski definition) is 0. The summed E-state index contributed by atoms with van der Waals surface area (Å²) in [6, 6.07) is 19.7. The molecule has 0 saturated heterocycles. The Morgan fingerprint density at radius 1 is 0.967 bits per heavy atom. The van der Waals surface area contributed by atoms with Crippen molar-refractivity contribution in [3.05, 3.63) is 105 Å². The molecule has 4 aromatic rings. The maximum Gasteiger partial charge on any atom is 0.231 e. The highest BCUT2D eigenvalue weighted by molar-refractivity contribution is 6.30. The second-order valence-electron chi connectivity index (χ2n) is 7.04. The van der Waals surface area contributed by atoms with Gasteiger partial charge >= 0.3 is 0 Å². The van der Waals surface area contributed by atoms with Crippen LogP contribution in [0.4, 0.5) is 0 Å². The van der Waals surface area contributed by atoms with Crippen molar-refractivity contribution in [3.8, 4) is 11.5 Å². The summed E-state index contributed by atoms with van der Waals surface area (Å²) in [7, 11) is 0. The van der Waals surface area contributed by atoms with Gasteiger partial charge in [0, 0.05) is 28.7 Å². The standard InChI is InChI=1S/C24H16ClNO4/c25-17-8-5-15(6-9-17)12-26-13-19(24(28)18-3-1-2-4-20(18)26)23(27)16-7-10-21-22(11-16)30-14-29-21/h1-11,13H,12,14H2. The summed E-state index contributed by atoms with van der Waals surface area (Å²) in [5, 5.41) is 1.15. The molecular weight excluding hydrogens is 402 g/mol. The molecule has 0 unspecified atom stereocenters. The highest BCUT2D eigenvalue weighted by Crippen LogP contribution is 2.33. The Morgan fingerprint density at radius 3 is 2.57 bits per heavy atom. The maximum atomic E-state index is 13.2. The monoisotopic (exact) mass is 417 g/mol. The number of aromatic nitrogens is 1. The smallest absolute Gasteiger partial charge is 0.231 e. The van der Waals surface area contributed by atoms with Crippen LogP contribution in [0.1, 0.15) is 21.5 Å². The first-order chi connectivity index (χ1) is 14.6. The molecule has 0 saturated carbocycles. The van der Waals surface area contributed by atoms with Gasteiger partial charge in [0.1, 0.15) is 0 Å². The summed E-state index contributed by atoms with van der Waals surface area (Å²) in [6.45, 7) is 0.621. The second-order valence-corrected chi connectivity index (χ2v) is 7.48. The molecule has 2 heterocycles. The topological polar surface area (TPSA) is 57.5 Å². The van der Waals surface area contributed by atoms with Crippen LogP contribution in [0, 0.1) is 0 Å². The molecule has 0 fully saturated rings. The first kappa shape index (κ1) is 18.5. The molecule has 5 rings (SSSR count). The highest BCUT2D eigenvalue weighted by Gasteiger charge is 2.21. The number of para-hydroxylation sites is 1. The minimum absolute atomic E-state index is 0.113. The van der Waals surface area contributed by atoms with Gasteiger partial charge in [0.05, 0.1) is 11.1 Å². The van der Waals surface area contributed by atoms with Crippen LogP contribution in [0.15, 0.2) is 77.7 Å². The van der Waals surface area contributed by atoms with Crippen molar-refractivity contribution in [3.63, 3.8) is 0 Å². The normalized spacial score (nSPS) is 12.3. The van der Waals surface area contributed by atoms with Crippen molar-refractivity contribution >= 4 is 28.3 Å². The van der Waals surface area contributed by atoms with E-state index in [1.54, 1.807) is 36.5 Å².